The number of likely N-dealkylation sites (tertiary alicyclic amines) is 1. The number of piperidine rings is 1. The minimum Gasteiger partial charge on any atom is -0.467 e. The van der Waals surface area contributed by atoms with E-state index in [0.29, 0.717) is 6.42 Å². The second kappa shape index (κ2) is 6.41. The van der Waals surface area contributed by atoms with Gasteiger partial charge in [0.05, 0.1) is 19.3 Å². The van der Waals surface area contributed by atoms with Crippen molar-refractivity contribution in [3.8, 4) is 0 Å². The number of allylic oxidation sites excluding steroid dienone is 2. The van der Waals surface area contributed by atoms with Gasteiger partial charge in [-0.25, -0.2) is 4.79 Å². The molecule has 5 nitrogen and oxygen atoms in total. The fraction of sp³-hybridized carbons (Fsp3) is 0.765. The summed E-state index contributed by atoms with van der Waals surface area (Å²) in [7, 11) is 1.38. The van der Waals surface area contributed by atoms with Crippen molar-refractivity contribution in [2.45, 2.75) is 69.7 Å². The van der Waals surface area contributed by atoms with Gasteiger partial charge in [0, 0.05) is 18.4 Å². The van der Waals surface area contributed by atoms with Crippen molar-refractivity contribution in [1.29, 1.82) is 0 Å². The summed E-state index contributed by atoms with van der Waals surface area (Å²) in [4.78, 5) is 26.7. The second-order valence-electron chi connectivity index (χ2n) is 6.64. The summed E-state index contributed by atoms with van der Waals surface area (Å²) in [6.45, 7) is 2.11. The Kier molecular flexibility index (Phi) is 4.52. The quantitative estimate of drug-likeness (QED) is 0.579. The normalized spacial score (nSPS) is 37.7. The number of nitrogens with zero attached hydrogens (tertiary/aromatic N) is 1. The summed E-state index contributed by atoms with van der Waals surface area (Å²) in [5.41, 5.74) is 0. The molecule has 0 unspecified atom stereocenters. The van der Waals surface area contributed by atoms with E-state index in [0.717, 1.165) is 32.1 Å². The van der Waals surface area contributed by atoms with Gasteiger partial charge in [-0.2, -0.15) is 0 Å². The number of amides is 1. The van der Waals surface area contributed by atoms with Crippen LogP contribution in [0.2, 0.25) is 0 Å². The molecular weight excluding hydrogens is 282 g/mol. The number of esters is 1. The summed E-state index contributed by atoms with van der Waals surface area (Å²) < 4.78 is 10.7. The van der Waals surface area contributed by atoms with E-state index in [9.17, 15) is 9.59 Å². The maximum Gasteiger partial charge on any atom is 0.335 e. The van der Waals surface area contributed by atoms with E-state index in [4.69, 9.17) is 9.47 Å². The zero-order valence-electron chi connectivity index (χ0n) is 13.4. The van der Waals surface area contributed by atoms with Crippen LogP contribution in [-0.2, 0) is 19.1 Å². The lowest BCUT2D eigenvalue weighted by Gasteiger charge is -2.43. The fourth-order valence-corrected chi connectivity index (χ4v) is 4.05. The number of carbonyl (C=O) groups is 2. The van der Waals surface area contributed by atoms with Crippen molar-refractivity contribution >= 4 is 11.9 Å². The molecule has 0 bridgehead atoms. The monoisotopic (exact) mass is 307 g/mol. The number of hydrogen-bond donors (Lipinski definition) is 0. The van der Waals surface area contributed by atoms with Crippen LogP contribution in [0.25, 0.3) is 0 Å². The molecule has 2 heterocycles. The molecule has 3 rings (SSSR count). The molecule has 2 aliphatic heterocycles. The maximum atomic E-state index is 13.0. The van der Waals surface area contributed by atoms with Gasteiger partial charge in [-0.05, 0) is 39.0 Å². The minimum absolute atomic E-state index is 0.0197. The van der Waals surface area contributed by atoms with E-state index < -0.39 is 6.10 Å². The van der Waals surface area contributed by atoms with Crippen molar-refractivity contribution in [2.75, 3.05) is 7.11 Å². The standard InChI is InChI=1S/C17H25NO4/c1-11-8-9-14-13(10-15(22-14)17(20)21-2)18(11)16(19)12-6-4-3-5-7-12/h3-4,11-15H,5-10H2,1-2H3/t11-,12+,13+,14-,15-/m0/s1. The summed E-state index contributed by atoms with van der Waals surface area (Å²) in [6.07, 6.45) is 8.87. The van der Waals surface area contributed by atoms with Crippen LogP contribution in [0.4, 0.5) is 0 Å². The third-order valence-corrected chi connectivity index (χ3v) is 5.26. The van der Waals surface area contributed by atoms with Crippen molar-refractivity contribution < 1.29 is 19.1 Å². The number of carbonyl (C=O) groups excluding carboxylic acids is 2. The van der Waals surface area contributed by atoms with Crippen molar-refractivity contribution in [3.05, 3.63) is 12.2 Å². The lowest BCUT2D eigenvalue weighted by atomic mass is 9.87. The Morgan fingerprint density at radius 2 is 2.05 bits per heavy atom. The molecule has 0 spiro atoms. The van der Waals surface area contributed by atoms with Crippen LogP contribution in [0.15, 0.2) is 12.2 Å². The van der Waals surface area contributed by atoms with Crippen LogP contribution in [0.1, 0.15) is 45.4 Å². The van der Waals surface area contributed by atoms with Crippen LogP contribution < -0.4 is 0 Å². The first kappa shape index (κ1) is 15.5. The van der Waals surface area contributed by atoms with Gasteiger partial charge in [0.15, 0.2) is 6.10 Å². The van der Waals surface area contributed by atoms with Crippen LogP contribution in [0.5, 0.6) is 0 Å². The van der Waals surface area contributed by atoms with Crippen LogP contribution in [0.3, 0.4) is 0 Å². The Morgan fingerprint density at radius 3 is 2.73 bits per heavy atom. The topological polar surface area (TPSA) is 55.8 Å². The molecule has 1 aliphatic carbocycles. The highest BCUT2D eigenvalue weighted by Crippen LogP contribution is 2.37. The van der Waals surface area contributed by atoms with Gasteiger partial charge >= 0.3 is 5.97 Å². The molecule has 5 atom stereocenters. The third-order valence-electron chi connectivity index (χ3n) is 5.26. The van der Waals surface area contributed by atoms with Gasteiger partial charge in [0.1, 0.15) is 0 Å². The Balaban J connectivity index is 1.75. The van der Waals surface area contributed by atoms with E-state index in [1.54, 1.807) is 0 Å². The molecule has 3 aliphatic rings. The van der Waals surface area contributed by atoms with Crippen LogP contribution in [-0.4, -0.2) is 48.2 Å². The number of ether oxygens (including phenoxy) is 2. The molecule has 5 heteroatoms. The molecule has 0 N–H and O–H groups in total. The average Bonchev–Trinajstić information content (AvgIpc) is 2.98. The third kappa shape index (κ3) is 2.78. The van der Waals surface area contributed by atoms with Gasteiger partial charge in [-0.3, -0.25) is 4.79 Å². The molecule has 0 radical (unpaired) electrons. The molecule has 0 aromatic rings. The maximum absolute atomic E-state index is 13.0. The van der Waals surface area contributed by atoms with Gasteiger partial charge < -0.3 is 14.4 Å². The van der Waals surface area contributed by atoms with E-state index in [-0.39, 0.29) is 36.0 Å². The predicted molar refractivity (Wildman–Crippen MR) is 81.1 cm³/mol. The van der Waals surface area contributed by atoms with E-state index >= 15 is 0 Å². The highest BCUT2D eigenvalue weighted by Gasteiger charge is 2.48. The Bertz CT molecular complexity index is 475. The zero-order chi connectivity index (χ0) is 15.7. The zero-order valence-corrected chi connectivity index (χ0v) is 13.4. The Morgan fingerprint density at radius 1 is 1.23 bits per heavy atom. The Hall–Kier alpha value is -1.36. The molecule has 1 amide bonds. The summed E-state index contributed by atoms with van der Waals surface area (Å²) in [6, 6.07) is 0.242. The van der Waals surface area contributed by atoms with Gasteiger partial charge in [0.25, 0.3) is 0 Å². The number of hydrogen-bond acceptors (Lipinski definition) is 4. The molecule has 2 fully saturated rings. The smallest absolute Gasteiger partial charge is 0.335 e. The predicted octanol–water partition coefficient (Wildman–Crippen LogP) is 2.05. The molecule has 0 aromatic heterocycles. The van der Waals surface area contributed by atoms with Gasteiger partial charge in [-0.1, -0.05) is 12.2 Å². The highest BCUT2D eigenvalue weighted by molar-refractivity contribution is 5.81. The van der Waals surface area contributed by atoms with Crippen LogP contribution >= 0.6 is 0 Å². The van der Waals surface area contributed by atoms with Gasteiger partial charge in [0.2, 0.25) is 5.91 Å². The SMILES string of the molecule is COC(=O)[C@@H]1C[C@@H]2[C@H](CC[C@H](C)N2C(=O)[C@@H]2CC=CCC2)O1. The minimum atomic E-state index is -0.521. The molecular formula is C17H25NO4. The van der Waals surface area contributed by atoms with Gasteiger partial charge in [-0.15, -0.1) is 0 Å². The lowest BCUT2D eigenvalue weighted by Crippen LogP contribution is -2.55. The highest BCUT2D eigenvalue weighted by atomic mass is 16.6. The first-order chi connectivity index (χ1) is 10.6. The first-order valence-corrected chi connectivity index (χ1v) is 8.32. The van der Waals surface area contributed by atoms with E-state index in [2.05, 4.69) is 19.1 Å². The lowest BCUT2D eigenvalue weighted by molar-refractivity contribution is -0.154. The number of rotatable bonds is 2. The molecule has 22 heavy (non-hydrogen) atoms. The largest absolute Gasteiger partial charge is 0.467 e. The van der Waals surface area contributed by atoms with Crippen molar-refractivity contribution in [2.24, 2.45) is 5.92 Å². The second-order valence-corrected chi connectivity index (χ2v) is 6.64. The number of methoxy groups -OCH3 is 1. The molecule has 2 saturated heterocycles. The summed E-state index contributed by atoms with van der Waals surface area (Å²) >= 11 is 0. The first-order valence-electron chi connectivity index (χ1n) is 8.32. The van der Waals surface area contributed by atoms with E-state index in [1.807, 2.05) is 4.90 Å². The molecule has 0 aromatic carbocycles. The molecule has 0 saturated carbocycles. The van der Waals surface area contributed by atoms with E-state index in [1.165, 1.54) is 7.11 Å². The fourth-order valence-electron chi connectivity index (χ4n) is 4.05. The molecule has 122 valence electrons. The summed E-state index contributed by atoms with van der Waals surface area (Å²) in [5, 5.41) is 0. The van der Waals surface area contributed by atoms with Crippen molar-refractivity contribution in [3.63, 3.8) is 0 Å². The number of fused-ring (bicyclic) bond motifs is 1. The van der Waals surface area contributed by atoms with Crippen molar-refractivity contribution in [1.82, 2.24) is 4.90 Å². The average molecular weight is 307 g/mol. The van der Waals surface area contributed by atoms with Crippen LogP contribution in [0, 0.1) is 5.92 Å². The Labute approximate surface area is 131 Å². The summed E-state index contributed by atoms with van der Waals surface area (Å²) in [5.74, 6) is -0.000839.